The maximum Gasteiger partial charge on any atom is 0.147 e. The Morgan fingerprint density at radius 2 is 1.93 bits per heavy atom. The van der Waals surface area contributed by atoms with Crippen molar-refractivity contribution in [3.63, 3.8) is 0 Å². The largest absolute Gasteiger partial charge is 0.303 e. The molecule has 84 valence electrons. The lowest BCUT2D eigenvalue weighted by Gasteiger charge is -2.23. The van der Waals surface area contributed by atoms with E-state index in [4.69, 9.17) is 0 Å². The molecule has 15 heavy (non-hydrogen) atoms. The van der Waals surface area contributed by atoms with Gasteiger partial charge in [0.2, 0.25) is 0 Å². The molecule has 1 aliphatic rings. The fourth-order valence-electron chi connectivity index (χ4n) is 1.74. The van der Waals surface area contributed by atoms with Crippen molar-refractivity contribution in [3.8, 4) is 0 Å². The van der Waals surface area contributed by atoms with E-state index in [-0.39, 0.29) is 13.3 Å². The number of rotatable bonds is 1. The van der Waals surface area contributed by atoms with Crippen molar-refractivity contribution in [2.24, 2.45) is 0 Å². The standard InChI is InChI=1S/C11H13NO.C2H6.H2/c1-8(13)11-6-9-4-2-3-5-10(9)7-12-11;1-2;/h2-5,11-12H,6-7H2,1H3;1-2H3;1H/t11-;;/m1../s1. The van der Waals surface area contributed by atoms with Crippen LogP contribution in [-0.2, 0) is 17.8 Å². The Morgan fingerprint density at radius 3 is 2.53 bits per heavy atom. The second-order valence-corrected chi connectivity index (χ2v) is 3.52. The van der Waals surface area contributed by atoms with Gasteiger partial charge in [-0.2, -0.15) is 0 Å². The SMILES string of the molecule is CC.CC(=O)[C@H]1Cc2ccccc2CN1.[HH]. The predicted octanol–water partition coefficient (Wildman–Crippen LogP) is 2.56. The molecule has 1 heterocycles. The molecule has 0 radical (unpaired) electrons. The van der Waals surface area contributed by atoms with Gasteiger partial charge in [0.05, 0.1) is 6.04 Å². The third-order valence-corrected chi connectivity index (χ3v) is 2.57. The predicted molar refractivity (Wildman–Crippen MR) is 64.9 cm³/mol. The Morgan fingerprint density at radius 1 is 1.33 bits per heavy atom. The topological polar surface area (TPSA) is 29.1 Å². The number of fused-ring (bicyclic) bond motifs is 1. The zero-order valence-electron chi connectivity index (χ0n) is 9.71. The molecule has 1 aromatic carbocycles. The summed E-state index contributed by atoms with van der Waals surface area (Å²) in [5.41, 5.74) is 2.63. The third kappa shape index (κ3) is 2.90. The van der Waals surface area contributed by atoms with Crippen molar-refractivity contribution in [3.05, 3.63) is 35.4 Å². The van der Waals surface area contributed by atoms with Crippen LogP contribution in [0, 0.1) is 0 Å². The van der Waals surface area contributed by atoms with Gasteiger partial charge in [-0.3, -0.25) is 4.79 Å². The monoisotopic (exact) mass is 207 g/mol. The summed E-state index contributed by atoms with van der Waals surface area (Å²) >= 11 is 0. The highest BCUT2D eigenvalue weighted by atomic mass is 16.1. The van der Waals surface area contributed by atoms with Crippen LogP contribution in [0.3, 0.4) is 0 Å². The van der Waals surface area contributed by atoms with E-state index in [9.17, 15) is 4.79 Å². The van der Waals surface area contributed by atoms with E-state index in [0.717, 1.165) is 13.0 Å². The fourth-order valence-corrected chi connectivity index (χ4v) is 1.74. The van der Waals surface area contributed by atoms with Gasteiger partial charge >= 0.3 is 0 Å². The second kappa shape index (κ2) is 5.66. The van der Waals surface area contributed by atoms with E-state index in [0.29, 0.717) is 0 Å². The van der Waals surface area contributed by atoms with E-state index in [1.54, 1.807) is 6.92 Å². The summed E-state index contributed by atoms with van der Waals surface area (Å²) in [6.45, 7) is 6.46. The van der Waals surface area contributed by atoms with Crippen LogP contribution in [-0.4, -0.2) is 11.8 Å². The Hall–Kier alpha value is -1.15. The smallest absolute Gasteiger partial charge is 0.147 e. The van der Waals surface area contributed by atoms with Crippen LogP contribution in [0.2, 0.25) is 0 Å². The average Bonchev–Trinajstić information content (AvgIpc) is 2.31. The summed E-state index contributed by atoms with van der Waals surface area (Å²) in [6.07, 6.45) is 0.839. The van der Waals surface area contributed by atoms with Crippen molar-refractivity contribution >= 4 is 5.78 Å². The minimum Gasteiger partial charge on any atom is -0.303 e. The maximum atomic E-state index is 11.1. The molecule has 0 fully saturated rings. The molecule has 0 unspecified atom stereocenters. The lowest BCUT2D eigenvalue weighted by atomic mass is 9.94. The van der Waals surface area contributed by atoms with Gasteiger partial charge in [0.15, 0.2) is 0 Å². The molecular formula is C13H21NO. The number of ketones is 1. The Balaban J connectivity index is 0.000000711. The molecule has 0 bridgehead atoms. The van der Waals surface area contributed by atoms with Gasteiger partial charge in [-0.1, -0.05) is 38.1 Å². The van der Waals surface area contributed by atoms with Crippen LogP contribution < -0.4 is 5.32 Å². The lowest BCUT2D eigenvalue weighted by molar-refractivity contribution is -0.119. The molecule has 0 saturated carbocycles. The molecule has 0 spiro atoms. The third-order valence-electron chi connectivity index (χ3n) is 2.57. The van der Waals surface area contributed by atoms with Gasteiger partial charge in [0.1, 0.15) is 5.78 Å². The van der Waals surface area contributed by atoms with Crippen molar-refractivity contribution in [1.82, 2.24) is 5.32 Å². The zero-order chi connectivity index (χ0) is 11.3. The van der Waals surface area contributed by atoms with Gasteiger partial charge in [-0.25, -0.2) is 0 Å². The molecule has 0 aromatic heterocycles. The normalized spacial score (nSPS) is 18.5. The van der Waals surface area contributed by atoms with E-state index in [1.165, 1.54) is 11.1 Å². The van der Waals surface area contributed by atoms with Crippen LogP contribution in [0.15, 0.2) is 24.3 Å². The minimum absolute atomic E-state index is 0. The molecule has 2 heteroatoms. The number of Topliss-reactive ketones (excluding diaryl/α,β-unsaturated/α-hetero) is 1. The van der Waals surface area contributed by atoms with Crippen LogP contribution in [0.1, 0.15) is 33.3 Å². The number of carbonyl (C=O) groups excluding carboxylic acids is 1. The number of hydrogen-bond acceptors (Lipinski definition) is 2. The van der Waals surface area contributed by atoms with E-state index in [2.05, 4.69) is 17.4 Å². The van der Waals surface area contributed by atoms with Gasteiger partial charge in [-0.05, 0) is 24.5 Å². The summed E-state index contributed by atoms with van der Waals surface area (Å²) in [7, 11) is 0. The van der Waals surface area contributed by atoms with Crippen molar-refractivity contribution < 1.29 is 6.22 Å². The molecule has 2 nitrogen and oxygen atoms in total. The van der Waals surface area contributed by atoms with Crippen molar-refractivity contribution in [1.29, 1.82) is 0 Å². The number of hydrogen-bond donors (Lipinski definition) is 1. The molecule has 1 aromatic rings. The molecule has 0 saturated heterocycles. The number of nitrogens with one attached hydrogen (secondary N) is 1. The molecule has 1 N–H and O–H groups in total. The first-order valence-electron chi connectivity index (χ1n) is 5.58. The Labute approximate surface area is 93.2 Å². The summed E-state index contributed by atoms with van der Waals surface area (Å²) in [5.74, 6) is 0.231. The second-order valence-electron chi connectivity index (χ2n) is 3.52. The highest BCUT2D eigenvalue weighted by Crippen LogP contribution is 2.16. The van der Waals surface area contributed by atoms with Crippen LogP contribution in [0.4, 0.5) is 0 Å². The average molecular weight is 207 g/mol. The molecule has 1 aliphatic heterocycles. The quantitative estimate of drug-likeness (QED) is 0.767. The van der Waals surface area contributed by atoms with Crippen LogP contribution in [0.25, 0.3) is 0 Å². The van der Waals surface area contributed by atoms with Crippen molar-refractivity contribution in [2.75, 3.05) is 0 Å². The summed E-state index contributed by atoms with van der Waals surface area (Å²) in [4.78, 5) is 11.1. The van der Waals surface area contributed by atoms with Gasteiger partial charge in [0, 0.05) is 7.97 Å². The van der Waals surface area contributed by atoms with Gasteiger partial charge in [-0.15, -0.1) is 0 Å². The molecule has 0 aliphatic carbocycles. The zero-order valence-corrected chi connectivity index (χ0v) is 9.71. The Bertz CT molecular complexity index is 338. The summed E-state index contributed by atoms with van der Waals surface area (Å²) in [5, 5.41) is 3.23. The lowest BCUT2D eigenvalue weighted by Crippen LogP contribution is -2.40. The Kier molecular flexibility index (Phi) is 4.50. The highest BCUT2D eigenvalue weighted by Gasteiger charge is 2.20. The summed E-state index contributed by atoms with van der Waals surface area (Å²) in [6, 6.07) is 8.30. The molecule has 0 amide bonds. The number of carbonyl (C=O) groups is 1. The number of benzene rings is 1. The van der Waals surface area contributed by atoms with E-state index < -0.39 is 0 Å². The first-order chi connectivity index (χ1) is 7.27. The minimum atomic E-state index is 0. The summed E-state index contributed by atoms with van der Waals surface area (Å²) < 4.78 is 0. The van der Waals surface area contributed by atoms with Crippen LogP contribution >= 0.6 is 0 Å². The molecular weight excluding hydrogens is 186 g/mol. The fraction of sp³-hybridized carbons (Fsp3) is 0.462. The van der Waals surface area contributed by atoms with Crippen LogP contribution in [0.5, 0.6) is 0 Å². The van der Waals surface area contributed by atoms with Crippen molar-refractivity contribution in [2.45, 2.75) is 39.8 Å². The van der Waals surface area contributed by atoms with Gasteiger partial charge in [0.25, 0.3) is 0 Å². The highest BCUT2D eigenvalue weighted by molar-refractivity contribution is 5.82. The first-order valence-corrected chi connectivity index (χ1v) is 5.58. The molecule has 1 atom stereocenters. The van der Waals surface area contributed by atoms with E-state index >= 15 is 0 Å². The van der Waals surface area contributed by atoms with E-state index in [1.807, 2.05) is 26.0 Å². The molecule has 2 rings (SSSR count). The van der Waals surface area contributed by atoms with Gasteiger partial charge < -0.3 is 5.32 Å². The maximum absolute atomic E-state index is 11.1. The first kappa shape index (κ1) is 11.9.